The predicted octanol–water partition coefficient (Wildman–Crippen LogP) is 7.77. The van der Waals surface area contributed by atoms with E-state index >= 15 is 0 Å². The van der Waals surface area contributed by atoms with E-state index < -0.39 is 0 Å². The zero-order chi connectivity index (χ0) is 21.1. The van der Waals surface area contributed by atoms with Gasteiger partial charge in [0.1, 0.15) is 0 Å². The summed E-state index contributed by atoms with van der Waals surface area (Å²) in [7, 11) is 0. The molecule has 4 rings (SSSR count). The molecule has 0 bridgehead atoms. The first-order chi connectivity index (χ1) is 14.5. The fraction of sp³-hybridized carbons (Fsp3) is 0.200. The SMILES string of the molecule is Cc1ccc(Cc2cccc(C)c2-c2c(C)cccc2Cc2ccc(C)cc2)cc1. The molecule has 0 amide bonds. The van der Waals surface area contributed by atoms with Crippen molar-refractivity contribution in [2.45, 2.75) is 40.5 Å². The molecule has 0 saturated carbocycles. The lowest BCUT2D eigenvalue weighted by Gasteiger charge is -2.19. The Balaban J connectivity index is 1.80. The summed E-state index contributed by atoms with van der Waals surface area (Å²) in [5.41, 5.74) is 13.6. The van der Waals surface area contributed by atoms with Crippen LogP contribution >= 0.6 is 0 Å². The van der Waals surface area contributed by atoms with Crippen LogP contribution in [0.5, 0.6) is 0 Å². The Morgan fingerprint density at radius 3 is 1.17 bits per heavy atom. The summed E-state index contributed by atoms with van der Waals surface area (Å²) < 4.78 is 0. The first kappa shape index (κ1) is 20.2. The van der Waals surface area contributed by atoms with Gasteiger partial charge < -0.3 is 0 Å². The van der Waals surface area contributed by atoms with Crippen LogP contribution in [0.3, 0.4) is 0 Å². The van der Waals surface area contributed by atoms with Crippen molar-refractivity contribution in [2.24, 2.45) is 0 Å². The molecule has 0 spiro atoms. The summed E-state index contributed by atoms with van der Waals surface area (Å²) in [6, 6.07) is 31.3. The van der Waals surface area contributed by atoms with Crippen LogP contribution in [0.15, 0.2) is 84.9 Å². The van der Waals surface area contributed by atoms with E-state index in [2.05, 4.69) is 113 Å². The van der Waals surface area contributed by atoms with Gasteiger partial charge in [-0.2, -0.15) is 0 Å². The minimum atomic E-state index is 0.954. The van der Waals surface area contributed by atoms with Gasteiger partial charge in [-0.3, -0.25) is 0 Å². The van der Waals surface area contributed by atoms with Crippen LogP contribution in [0.25, 0.3) is 11.1 Å². The maximum atomic E-state index is 2.30. The van der Waals surface area contributed by atoms with Crippen molar-refractivity contribution in [3.05, 3.63) is 129 Å². The highest BCUT2D eigenvalue weighted by atomic mass is 14.2. The molecule has 4 aromatic rings. The van der Waals surface area contributed by atoms with Gasteiger partial charge in [0.05, 0.1) is 0 Å². The van der Waals surface area contributed by atoms with E-state index in [1.54, 1.807) is 0 Å². The minimum absolute atomic E-state index is 0.954. The van der Waals surface area contributed by atoms with Crippen molar-refractivity contribution in [3.63, 3.8) is 0 Å². The highest BCUT2D eigenvalue weighted by Gasteiger charge is 2.15. The lowest BCUT2D eigenvalue weighted by molar-refractivity contribution is 1.15. The van der Waals surface area contributed by atoms with Crippen LogP contribution in [0, 0.1) is 27.7 Å². The van der Waals surface area contributed by atoms with Crippen LogP contribution in [-0.2, 0) is 12.8 Å². The van der Waals surface area contributed by atoms with Gasteiger partial charge in [-0.25, -0.2) is 0 Å². The summed E-state index contributed by atoms with van der Waals surface area (Å²) in [4.78, 5) is 0. The number of benzene rings is 4. The lowest BCUT2D eigenvalue weighted by Crippen LogP contribution is -2.01. The third-order valence-electron chi connectivity index (χ3n) is 6.00. The number of hydrogen-bond acceptors (Lipinski definition) is 0. The average molecular weight is 391 g/mol. The van der Waals surface area contributed by atoms with Crippen LogP contribution in [-0.4, -0.2) is 0 Å². The number of aryl methyl sites for hydroxylation is 4. The zero-order valence-corrected chi connectivity index (χ0v) is 18.5. The fourth-order valence-electron chi connectivity index (χ4n) is 4.32. The third-order valence-corrected chi connectivity index (χ3v) is 6.00. The van der Waals surface area contributed by atoms with Gasteiger partial charge in [0.2, 0.25) is 0 Å². The van der Waals surface area contributed by atoms with E-state index in [9.17, 15) is 0 Å². The van der Waals surface area contributed by atoms with Gasteiger partial charge in [0, 0.05) is 0 Å². The van der Waals surface area contributed by atoms with Gasteiger partial charge in [-0.05, 0) is 85.0 Å². The standard InChI is InChI=1S/C30H30/c1-21-11-15-25(16-12-21)19-27-9-5-7-23(3)29(27)30-24(4)8-6-10-28(30)20-26-17-13-22(2)14-18-26/h5-18H,19-20H2,1-4H3. The second-order valence-corrected chi connectivity index (χ2v) is 8.54. The molecule has 150 valence electrons. The Hall–Kier alpha value is -3.12. The molecule has 0 aliphatic carbocycles. The summed E-state index contributed by atoms with van der Waals surface area (Å²) in [6.45, 7) is 8.78. The summed E-state index contributed by atoms with van der Waals surface area (Å²) in [5, 5.41) is 0. The monoisotopic (exact) mass is 390 g/mol. The molecule has 0 heterocycles. The zero-order valence-electron chi connectivity index (χ0n) is 18.5. The first-order valence-electron chi connectivity index (χ1n) is 10.8. The lowest BCUT2D eigenvalue weighted by atomic mass is 9.85. The molecule has 0 unspecified atom stereocenters. The fourth-order valence-corrected chi connectivity index (χ4v) is 4.32. The Morgan fingerprint density at radius 1 is 0.433 bits per heavy atom. The molecule has 0 aliphatic heterocycles. The number of hydrogen-bond donors (Lipinski definition) is 0. The second kappa shape index (κ2) is 8.71. The van der Waals surface area contributed by atoms with Gasteiger partial charge in [-0.1, -0.05) is 96.1 Å². The molecule has 0 aromatic heterocycles. The van der Waals surface area contributed by atoms with E-state index in [1.165, 1.54) is 55.6 Å². The van der Waals surface area contributed by atoms with Gasteiger partial charge >= 0.3 is 0 Å². The molecule has 0 radical (unpaired) electrons. The van der Waals surface area contributed by atoms with E-state index in [0.717, 1.165) is 12.8 Å². The maximum Gasteiger partial charge on any atom is -0.00195 e. The third kappa shape index (κ3) is 4.39. The molecule has 0 aliphatic rings. The van der Waals surface area contributed by atoms with E-state index in [1.807, 2.05) is 0 Å². The molecule has 4 aromatic carbocycles. The Bertz CT molecular complexity index is 1050. The van der Waals surface area contributed by atoms with E-state index in [0.29, 0.717) is 0 Å². The maximum absolute atomic E-state index is 2.30. The van der Waals surface area contributed by atoms with Gasteiger partial charge in [0.15, 0.2) is 0 Å². The summed E-state index contributed by atoms with van der Waals surface area (Å²) in [6.07, 6.45) is 1.91. The van der Waals surface area contributed by atoms with Gasteiger partial charge in [-0.15, -0.1) is 0 Å². The molecule has 0 heteroatoms. The molecule has 0 atom stereocenters. The van der Waals surface area contributed by atoms with E-state index in [4.69, 9.17) is 0 Å². The highest BCUT2D eigenvalue weighted by Crippen LogP contribution is 2.35. The molecular weight excluding hydrogens is 360 g/mol. The molecular formula is C30H30. The van der Waals surface area contributed by atoms with Crippen LogP contribution in [0.4, 0.5) is 0 Å². The molecule has 0 saturated heterocycles. The quantitative estimate of drug-likeness (QED) is 0.326. The second-order valence-electron chi connectivity index (χ2n) is 8.54. The van der Waals surface area contributed by atoms with Crippen molar-refractivity contribution < 1.29 is 0 Å². The van der Waals surface area contributed by atoms with Crippen LogP contribution in [0.2, 0.25) is 0 Å². The predicted molar refractivity (Wildman–Crippen MR) is 129 cm³/mol. The van der Waals surface area contributed by atoms with Crippen molar-refractivity contribution >= 4 is 0 Å². The van der Waals surface area contributed by atoms with Gasteiger partial charge in [0.25, 0.3) is 0 Å². The molecule has 0 nitrogen and oxygen atoms in total. The minimum Gasteiger partial charge on any atom is -0.0617 e. The summed E-state index contributed by atoms with van der Waals surface area (Å²) in [5.74, 6) is 0. The molecule has 0 fully saturated rings. The first-order valence-corrected chi connectivity index (χ1v) is 10.8. The number of rotatable bonds is 5. The molecule has 0 N–H and O–H groups in total. The van der Waals surface area contributed by atoms with Crippen molar-refractivity contribution in [2.75, 3.05) is 0 Å². The normalized spacial score (nSPS) is 10.9. The van der Waals surface area contributed by atoms with Crippen LogP contribution in [0.1, 0.15) is 44.5 Å². The smallest absolute Gasteiger partial charge is 0.00195 e. The Labute approximate surface area is 181 Å². The molecule has 30 heavy (non-hydrogen) atoms. The van der Waals surface area contributed by atoms with Crippen molar-refractivity contribution in [1.82, 2.24) is 0 Å². The topological polar surface area (TPSA) is 0 Å². The largest absolute Gasteiger partial charge is 0.0617 e. The van der Waals surface area contributed by atoms with E-state index in [-0.39, 0.29) is 0 Å². The summed E-state index contributed by atoms with van der Waals surface area (Å²) >= 11 is 0. The van der Waals surface area contributed by atoms with Crippen molar-refractivity contribution in [1.29, 1.82) is 0 Å². The van der Waals surface area contributed by atoms with Crippen LogP contribution < -0.4 is 0 Å². The Morgan fingerprint density at radius 2 is 0.800 bits per heavy atom. The highest BCUT2D eigenvalue weighted by molar-refractivity contribution is 5.77. The average Bonchev–Trinajstić information content (AvgIpc) is 2.73. The Kier molecular flexibility index (Phi) is 5.86. The van der Waals surface area contributed by atoms with Crippen molar-refractivity contribution in [3.8, 4) is 11.1 Å².